The zero-order valence-corrected chi connectivity index (χ0v) is 11.5. The van der Waals surface area contributed by atoms with Crippen molar-refractivity contribution < 1.29 is 13.3 Å². The van der Waals surface area contributed by atoms with E-state index in [9.17, 15) is 18.5 Å². The zero-order chi connectivity index (χ0) is 14.5. The Kier molecular flexibility index (Phi) is 5.04. The van der Waals surface area contributed by atoms with Crippen LogP contribution in [0.25, 0.3) is 0 Å². The molecule has 1 aromatic heterocycles. The molecule has 2 N–H and O–H groups in total. The number of rotatable bonds is 7. The number of hydrogen-bond acceptors (Lipinski definition) is 7. The summed E-state index contributed by atoms with van der Waals surface area (Å²) in [5.41, 5.74) is -0.0787. The molecule has 0 fully saturated rings. The number of aromatic nitrogens is 1. The van der Waals surface area contributed by atoms with E-state index >= 15 is 0 Å². The van der Waals surface area contributed by atoms with Gasteiger partial charge in [-0.15, -0.1) is 0 Å². The van der Waals surface area contributed by atoms with Crippen molar-refractivity contribution in [1.82, 2.24) is 4.98 Å². The summed E-state index contributed by atoms with van der Waals surface area (Å²) in [5, 5.41) is 16.3. The summed E-state index contributed by atoms with van der Waals surface area (Å²) in [4.78, 5) is 14.3. The van der Waals surface area contributed by atoms with Crippen LogP contribution in [0, 0.1) is 10.1 Å². The van der Waals surface area contributed by atoms with E-state index in [1.807, 2.05) is 0 Å². The number of pyridine rings is 1. The van der Waals surface area contributed by atoms with Gasteiger partial charge < -0.3 is 10.6 Å². The highest BCUT2D eigenvalue weighted by Crippen LogP contribution is 2.20. The van der Waals surface area contributed by atoms with Gasteiger partial charge in [-0.25, -0.2) is 13.4 Å². The van der Waals surface area contributed by atoms with E-state index in [1.165, 1.54) is 12.1 Å². The van der Waals surface area contributed by atoms with Crippen molar-refractivity contribution in [3.05, 3.63) is 22.2 Å². The first-order chi connectivity index (χ1) is 8.81. The Bertz CT molecular complexity index is 559. The van der Waals surface area contributed by atoms with Gasteiger partial charge in [-0.05, 0) is 6.42 Å². The Hall–Kier alpha value is -1.90. The lowest BCUT2D eigenvalue weighted by atomic mass is 10.3. The van der Waals surface area contributed by atoms with Crippen LogP contribution in [0.5, 0.6) is 0 Å². The van der Waals surface area contributed by atoms with Crippen LogP contribution in [-0.2, 0) is 9.84 Å². The third-order valence-electron chi connectivity index (χ3n) is 2.28. The fourth-order valence-corrected chi connectivity index (χ4v) is 2.06. The molecule has 9 heteroatoms. The highest BCUT2D eigenvalue weighted by molar-refractivity contribution is 7.90. The normalized spacial score (nSPS) is 11.1. The van der Waals surface area contributed by atoms with Gasteiger partial charge in [-0.2, -0.15) is 0 Å². The van der Waals surface area contributed by atoms with Gasteiger partial charge in [-0.1, -0.05) is 0 Å². The number of nitro groups is 1. The number of anilines is 2. The van der Waals surface area contributed by atoms with E-state index in [-0.39, 0.29) is 11.4 Å². The molecule has 0 radical (unpaired) electrons. The Labute approximate surface area is 111 Å². The van der Waals surface area contributed by atoms with Crippen molar-refractivity contribution in [3.63, 3.8) is 0 Å². The van der Waals surface area contributed by atoms with Crippen LogP contribution in [0.1, 0.15) is 6.42 Å². The van der Waals surface area contributed by atoms with Crippen molar-refractivity contribution in [1.29, 1.82) is 0 Å². The standard InChI is InChI=1S/C10H16N4O4S/c1-11-9-6-8(14(15)16)7-10(13-9)12-4-3-5-19(2,17)18/h6-7H,3-5H2,1-2H3,(H2,11,12,13). The number of nitrogens with one attached hydrogen (secondary N) is 2. The Morgan fingerprint density at radius 1 is 1.37 bits per heavy atom. The van der Waals surface area contributed by atoms with E-state index in [2.05, 4.69) is 15.6 Å². The minimum atomic E-state index is -2.99. The minimum Gasteiger partial charge on any atom is -0.373 e. The maximum absolute atomic E-state index is 10.9. The van der Waals surface area contributed by atoms with Gasteiger partial charge in [0, 0.05) is 19.8 Å². The molecule has 0 aliphatic heterocycles. The molecule has 0 spiro atoms. The van der Waals surface area contributed by atoms with Crippen molar-refractivity contribution in [2.24, 2.45) is 0 Å². The van der Waals surface area contributed by atoms with Gasteiger partial charge in [0.25, 0.3) is 5.69 Å². The molecule has 1 rings (SSSR count). The van der Waals surface area contributed by atoms with Crippen LogP contribution >= 0.6 is 0 Å². The maximum atomic E-state index is 10.9. The van der Waals surface area contributed by atoms with Gasteiger partial charge in [0.1, 0.15) is 21.5 Å². The molecule has 0 aromatic carbocycles. The lowest BCUT2D eigenvalue weighted by molar-refractivity contribution is -0.384. The van der Waals surface area contributed by atoms with E-state index in [0.29, 0.717) is 24.6 Å². The molecule has 1 aromatic rings. The van der Waals surface area contributed by atoms with Crippen LogP contribution in [-0.4, -0.2) is 43.9 Å². The molecule has 106 valence electrons. The average molecular weight is 288 g/mol. The topological polar surface area (TPSA) is 114 Å². The summed E-state index contributed by atoms with van der Waals surface area (Å²) < 4.78 is 21.9. The molecule has 0 bridgehead atoms. The van der Waals surface area contributed by atoms with Gasteiger partial charge in [-0.3, -0.25) is 10.1 Å². The minimum absolute atomic E-state index is 0.0633. The molecule has 0 amide bonds. The third-order valence-corrected chi connectivity index (χ3v) is 3.31. The molecule has 0 aliphatic rings. The van der Waals surface area contributed by atoms with E-state index in [4.69, 9.17) is 0 Å². The Balaban J connectivity index is 2.67. The molecular formula is C10H16N4O4S. The third kappa shape index (κ3) is 5.51. The fourth-order valence-electron chi connectivity index (χ4n) is 1.39. The monoisotopic (exact) mass is 288 g/mol. The molecule has 0 atom stereocenters. The first-order valence-corrected chi connectivity index (χ1v) is 7.63. The van der Waals surface area contributed by atoms with Gasteiger partial charge in [0.05, 0.1) is 22.8 Å². The Morgan fingerprint density at radius 2 is 2.00 bits per heavy atom. The summed E-state index contributed by atoms with van der Waals surface area (Å²) in [6.45, 7) is 0.379. The van der Waals surface area contributed by atoms with Crippen molar-refractivity contribution >= 4 is 27.2 Å². The molecule has 19 heavy (non-hydrogen) atoms. The molecule has 0 saturated heterocycles. The fraction of sp³-hybridized carbons (Fsp3) is 0.500. The summed E-state index contributed by atoms with van der Waals surface area (Å²) in [6.07, 6.45) is 1.58. The molecule has 1 heterocycles. The van der Waals surface area contributed by atoms with Crippen LogP contribution in [0.2, 0.25) is 0 Å². The predicted octanol–water partition coefficient (Wildman–Crippen LogP) is 0.878. The lowest BCUT2D eigenvalue weighted by Gasteiger charge is -2.07. The summed E-state index contributed by atoms with van der Waals surface area (Å²) in [5.74, 6) is 0.778. The summed E-state index contributed by atoms with van der Waals surface area (Å²) in [6, 6.07) is 2.63. The molecule has 0 unspecified atom stereocenters. The first-order valence-electron chi connectivity index (χ1n) is 5.57. The SMILES string of the molecule is CNc1cc([N+](=O)[O-])cc(NCCCS(C)(=O)=O)n1. The number of sulfone groups is 1. The predicted molar refractivity (Wildman–Crippen MR) is 73.3 cm³/mol. The van der Waals surface area contributed by atoms with Gasteiger partial charge in [0.15, 0.2) is 0 Å². The highest BCUT2D eigenvalue weighted by Gasteiger charge is 2.10. The van der Waals surface area contributed by atoms with Gasteiger partial charge in [0.2, 0.25) is 0 Å². The molecule has 0 saturated carbocycles. The maximum Gasteiger partial charge on any atom is 0.276 e. The number of nitrogens with zero attached hydrogens (tertiary/aromatic N) is 2. The summed E-state index contributed by atoms with van der Waals surface area (Å²) >= 11 is 0. The zero-order valence-electron chi connectivity index (χ0n) is 10.7. The van der Waals surface area contributed by atoms with Crippen molar-refractivity contribution in [2.45, 2.75) is 6.42 Å². The quantitative estimate of drug-likeness (QED) is 0.435. The molecular weight excluding hydrogens is 272 g/mol. The second-order valence-electron chi connectivity index (χ2n) is 4.01. The second-order valence-corrected chi connectivity index (χ2v) is 6.27. The van der Waals surface area contributed by atoms with Crippen LogP contribution in [0.4, 0.5) is 17.3 Å². The smallest absolute Gasteiger partial charge is 0.276 e. The van der Waals surface area contributed by atoms with Crippen molar-refractivity contribution in [3.8, 4) is 0 Å². The molecule has 0 aliphatic carbocycles. The number of hydrogen-bond donors (Lipinski definition) is 2. The Morgan fingerprint density at radius 3 is 2.53 bits per heavy atom. The summed E-state index contributed by atoms with van der Waals surface area (Å²) in [7, 11) is -1.38. The van der Waals surface area contributed by atoms with E-state index < -0.39 is 14.8 Å². The van der Waals surface area contributed by atoms with E-state index in [0.717, 1.165) is 6.26 Å². The largest absolute Gasteiger partial charge is 0.373 e. The van der Waals surface area contributed by atoms with Crippen LogP contribution < -0.4 is 10.6 Å². The van der Waals surface area contributed by atoms with Crippen molar-refractivity contribution in [2.75, 3.05) is 36.2 Å². The second kappa shape index (κ2) is 6.32. The van der Waals surface area contributed by atoms with Gasteiger partial charge >= 0.3 is 0 Å². The first kappa shape index (κ1) is 15.2. The van der Waals surface area contributed by atoms with Crippen LogP contribution in [0.3, 0.4) is 0 Å². The molecule has 8 nitrogen and oxygen atoms in total. The van der Waals surface area contributed by atoms with E-state index in [1.54, 1.807) is 7.05 Å². The average Bonchev–Trinajstić information content (AvgIpc) is 2.33. The highest BCUT2D eigenvalue weighted by atomic mass is 32.2. The lowest BCUT2D eigenvalue weighted by Crippen LogP contribution is -2.11. The van der Waals surface area contributed by atoms with Crippen LogP contribution in [0.15, 0.2) is 12.1 Å².